The van der Waals surface area contributed by atoms with Gasteiger partial charge in [-0.15, -0.1) is 0 Å². The standard InChI is InChI=1S/C34H41N5O4/c1-5-24-23(22-38-15-17-39(18-16-38)29-13-8-9-14-30(29)41-4)11-10-12-27(24)37-33-25-19-31(42-6-2)32(43-7-3)20-28(25)36-21-26(33)34(35)40/h8-14,19-21H,5-7,15-18,22H2,1-4H3,(H2,35,40)(H,36,37). The number of carbonyl (C=O) groups excluding carboxylic acids is 1. The second-order valence-corrected chi connectivity index (χ2v) is 10.5. The minimum atomic E-state index is -0.550. The molecule has 1 fully saturated rings. The Morgan fingerprint density at radius 2 is 1.65 bits per heavy atom. The zero-order valence-electron chi connectivity index (χ0n) is 25.5. The van der Waals surface area contributed by atoms with Crippen molar-refractivity contribution in [1.29, 1.82) is 0 Å². The number of piperazine rings is 1. The largest absolute Gasteiger partial charge is 0.495 e. The molecule has 0 radical (unpaired) electrons. The number of rotatable bonds is 12. The average molecular weight is 584 g/mol. The second kappa shape index (κ2) is 13.6. The Morgan fingerprint density at radius 3 is 2.33 bits per heavy atom. The molecule has 226 valence electrons. The molecule has 1 saturated heterocycles. The van der Waals surface area contributed by atoms with Crippen LogP contribution in [0.4, 0.5) is 17.1 Å². The van der Waals surface area contributed by atoms with E-state index in [-0.39, 0.29) is 0 Å². The summed E-state index contributed by atoms with van der Waals surface area (Å²) in [5, 5.41) is 4.32. The number of anilines is 3. The number of hydrogen-bond donors (Lipinski definition) is 2. The lowest BCUT2D eigenvalue weighted by Crippen LogP contribution is -2.46. The molecule has 0 bridgehead atoms. The molecule has 0 aliphatic carbocycles. The third-order valence-corrected chi connectivity index (χ3v) is 7.88. The molecule has 1 aliphatic heterocycles. The van der Waals surface area contributed by atoms with Crippen LogP contribution >= 0.6 is 0 Å². The first-order chi connectivity index (χ1) is 21.0. The number of nitrogens with zero attached hydrogens (tertiary/aromatic N) is 3. The maximum atomic E-state index is 12.6. The van der Waals surface area contributed by atoms with Crippen LogP contribution in [0.2, 0.25) is 0 Å². The van der Waals surface area contributed by atoms with E-state index >= 15 is 0 Å². The summed E-state index contributed by atoms with van der Waals surface area (Å²) in [6.07, 6.45) is 2.35. The molecular weight excluding hydrogens is 542 g/mol. The SMILES string of the molecule is CCOc1cc2ncc(C(N)=O)c(Nc3cccc(CN4CCN(c5ccccc5OC)CC4)c3CC)c2cc1OCC. The zero-order valence-corrected chi connectivity index (χ0v) is 25.5. The molecular formula is C34H41N5O4. The van der Waals surface area contributed by atoms with Gasteiger partial charge in [0.25, 0.3) is 5.91 Å². The molecule has 9 nitrogen and oxygen atoms in total. The van der Waals surface area contributed by atoms with Crippen LogP contribution in [0.25, 0.3) is 10.9 Å². The molecule has 3 N–H and O–H groups in total. The number of carbonyl (C=O) groups is 1. The van der Waals surface area contributed by atoms with Crippen LogP contribution in [0.1, 0.15) is 42.3 Å². The molecule has 1 aromatic heterocycles. The molecule has 0 spiro atoms. The molecule has 2 heterocycles. The highest BCUT2D eigenvalue weighted by Crippen LogP contribution is 2.38. The molecule has 1 aliphatic rings. The van der Waals surface area contributed by atoms with E-state index in [1.807, 2.05) is 38.1 Å². The van der Waals surface area contributed by atoms with Gasteiger partial charge in [0.05, 0.1) is 42.8 Å². The van der Waals surface area contributed by atoms with E-state index in [2.05, 4.69) is 57.4 Å². The van der Waals surface area contributed by atoms with Crippen molar-refractivity contribution < 1.29 is 19.0 Å². The molecule has 43 heavy (non-hydrogen) atoms. The maximum absolute atomic E-state index is 12.6. The van der Waals surface area contributed by atoms with Crippen molar-refractivity contribution in [3.8, 4) is 17.2 Å². The minimum absolute atomic E-state index is 0.319. The number of para-hydroxylation sites is 2. The van der Waals surface area contributed by atoms with Gasteiger partial charge in [0.15, 0.2) is 11.5 Å². The fourth-order valence-electron chi connectivity index (χ4n) is 5.79. The fourth-order valence-corrected chi connectivity index (χ4v) is 5.79. The van der Waals surface area contributed by atoms with Gasteiger partial charge in [-0.2, -0.15) is 0 Å². The number of benzene rings is 3. The molecule has 0 unspecified atom stereocenters. The fraction of sp³-hybridized carbons (Fsp3) is 0.353. The van der Waals surface area contributed by atoms with E-state index in [4.69, 9.17) is 19.9 Å². The third-order valence-electron chi connectivity index (χ3n) is 7.88. The first kappa shape index (κ1) is 30.0. The van der Waals surface area contributed by atoms with Crippen molar-refractivity contribution in [1.82, 2.24) is 9.88 Å². The van der Waals surface area contributed by atoms with Gasteiger partial charge in [0.2, 0.25) is 0 Å². The van der Waals surface area contributed by atoms with Gasteiger partial charge in [-0.1, -0.05) is 31.2 Å². The lowest BCUT2D eigenvalue weighted by atomic mass is 10.0. The molecule has 0 saturated carbocycles. The monoisotopic (exact) mass is 583 g/mol. The Bertz CT molecular complexity index is 1580. The molecule has 9 heteroatoms. The minimum Gasteiger partial charge on any atom is -0.495 e. The summed E-state index contributed by atoms with van der Waals surface area (Å²) in [5.41, 5.74) is 12.0. The van der Waals surface area contributed by atoms with Gasteiger partial charge < -0.3 is 30.2 Å². The van der Waals surface area contributed by atoms with Crippen molar-refractivity contribution in [2.75, 3.05) is 56.7 Å². The van der Waals surface area contributed by atoms with E-state index in [9.17, 15) is 4.79 Å². The van der Waals surface area contributed by atoms with Crippen molar-refractivity contribution in [2.45, 2.75) is 33.7 Å². The van der Waals surface area contributed by atoms with Crippen LogP contribution in [0.3, 0.4) is 0 Å². The van der Waals surface area contributed by atoms with Crippen LogP contribution < -0.4 is 30.2 Å². The van der Waals surface area contributed by atoms with Crippen LogP contribution in [0.5, 0.6) is 17.2 Å². The summed E-state index contributed by atoms with van der Waals surface area (Å²) in [7, 11) is 1.72. The van der Waals surface area contributed by atoms with Gasteiger partial charge in [-0.25, -0.2) is 0 Å². The quantitative estimate of drug-likeness (QED) is 0.217. The summed E-state index contributed by atoms with van der Waals surface area (Å²) in [6, 6.07) is 18.2. The predicted molar refractivity (Wildman–Crippen MR) is 172 cm³/mol. The topological polar surface area (TPSA) is 102 Å². The van der Waals surface area contributed by atoms with Gasteiger partial charge in [0.1, 0.15) is 5.75 Å². The highest BCUT2D eigenvalue weighted by atomic mass is 16.5. The lowest BCUT2D eigenvalue weighted by Gasteiger charge is -2.37. The van der Waals surface area contributed by atoms with Crippen molar-refractivity contribution >= 4 is 33.9 Å². The summed E-state index contributed by atoms with van der Waals surface area (Å²) >= 11 is 0. The number of amides is 1. The Hall–Kier alpha value is -4.50. The number of hydrogen-bond acceptors (Lipinski definition) is 8. The van der Waals surface area contributed by atoms with Gasteiger partial charge in [-0.05, 0) is 55.7 Å². The molecule has 5 rings (SSSR count). The zero-order chi connectivity index (χ0) is 30.3. The lowest BCUT2D eigenvalue weighted by molar-refractivity contribution is 0.100. The Balaban J connectivity index is 1.43. The number of aromatic nitrogens is 1. The van der Waals surface area contributed by atoms with Gasteiger partial charge in [-0.3, -0.25) is 14.7 Å². The highest BCUT2D eigenvalue weighted by Gasteiger charge is 2.22. The maximum Gasteiger partial charge on any atom is 0.252 e. The first-order valence-electron chi connectivity index (χ1n) is 15.0. The predicted octanol–water partition coefficient (Wildman–Crippen LogP) is 5.77. The third kappa shape index (κ3) is 6.46. The van der Waals surface area contributed by atoms with Gasteiger partial charge in [0, 0.05) is 56.1 Å². The summed E-state index contributed by atoms with van der Waals surface area (Å²) in [6.45, 7) is 11.6. The van der Waals surface area contributed by atoms with Crippen LogP contribution in [-0.4, -0.2) is 62.3 Å². The Kier molecular flexibility index (Phi) is 9.51. The normalized spacial score (nSPS) is 13.6. The van der Waals surface area contributed by atoms with E-state index in [0.29, 0.717) is 41.5 Å². The Labute approximate surface area is 253 Å². The van der Waals surface area contributed by atoms with E-state index in [1.54, 1.807) is 7.11 Å². The molecule has 0 atom stereocenters. The van der Waals surface area contributed by atoms with E-state index < -0.39 is 5.91 Å². The molecule has 4 aromatic rings. The Morgan fingerprint density at radius 1 is 0.930 bits per heavy atom. The molecule has 3 aromatic carbocycles. The number of pyridine rings is 1. The highest BCUT2D eigenvalue weighted by molar-refractivity contribution is 6.08. The smallest absolute Gasteiger partial charge is 0.252 e. The van der Waals surface area contributed by atoms with Crippen molar-refractivity contribution in [3.63, 3.8) is 0 Å². The number of primary amides is 1. The van der Waals surface area contributed by atoms with E-state index in [0.717, 1.165) is 61.7 Å². The number of fused-ring (bicyclic) bond motifs is 1. The number of ether oxygens (including phenoxy) is 3. The number of nitrogens with one attached hydrogen (secondary N) is 1. The van der Waals surface area contributed by atoms with Crippen molar-refractivity contribution in [3.05, 3.63) is 77.5 Å². The summed E-state index contributed by atoms with van der Waals surface area (Å²) in [4.78, 5) is 22.0. The number of methoxy groups -OCH3 is 1. The van der Waals surface area contributed by atoms with Crippen LogP contribution in [0.15, 0.2) is 60.8 Å². The van der Waals surface area contributed by atoms with Crippen molar-refractivity contribution in [2.24, 2.45) is 5.73 Å². The summed E-state index contributed by atoms with van der Waals surface area (Å²) < 4.78 is 17.3. The van der Waals surface area contributed by atoms with Crippen LogP contribution in [0, 0.1) is 0 Å². The van der Waals surface area contributed by atoms with Crippen LogP contribution in [-0.2, 0) is 13.0 Å². The van der Waals surface area contributed by atoms with Gasteiger partial charge >= 0.3 is 0 Å². The molecule has 1 amide bonds. The average Bonchev–Trinajstić information content (AvgIpc) is 3.02. The van der Waals surface area contributed by atoms with E-state index in [1.165, 1.54) is 17.3 Å². The first-order valence-corrected chi connectivity index (χ1v) is 15.0. The second-order valence-electron chi connectivity index (χ2n) is 10.5. The number of nitrogens with two attached hydrogens (primary N) is 1. The summed E-state index contributed by atoms with van der Waals surface area (Å²) in [5.74, 6) is 1.57.